The van der Waals surface area contributed by atoms with Crippen LogP contribution in [0.3, 0.4) is 0 Å². The van der Waals surface area contributed by atoms with Crippen LogP contribution in [-0.2, 0) is 13.1 Å². The quantitative estimate of drug-likeness (QED) is 0.743. The minimum atomic E-state index is -0.183. The normalized spacial score (nSPS) is 10.5. The molecule has 6 nitrogen and oxygen atoms in total. The molecule has 0 unspecified atom stereocenters. The van der Waals surface area contributed by atoms with Gasteiger partial charge in [0.1, 0.15) is 0 Å². The highest BCUT2D eigenvalue weighted by Crippen LogP contribution is 2.28. The largest absolute Gasteiger partial charge is 0.490 e. The van der Waals surface area contributed by atoms with Crippen LogP contribution in [0.25, 0.3) is 0 Å². The van der Waals surface area contributed by atoms with E-state index in [1.165, 1.54) is 0 Å². The molecule has 130 valence electrons. The van der Waals surface area contributed by atoms with Gasteiger partial charge in [0.15, 0.2) is 11.5 Å². The number of rotatable bonds is 8. The van der Waals surface area contributed by atoms with E-state index in [9.17, 15) is 4.79 Å². The zero-order valence-corrected chi connectivity index (χ0v) is 15.7. The summed E-state index contributed by atoms with van der Waals surface area (Å²) in [6.07, 6.45) is 1.89. The van der Waals surface area contributed by atoms with Crippen LogP contribution in [0.1, 0.15) is 36.8 Å². The zero-order chi connectivity index (χ0) is 17.5. The van der Waals surface area contributed by atoms with Crippen LogP contribution in [0.15, 0.2) is 28.9 Å². The third-order valence-electron chi connectivity index (χ3n) is 3.33. The van der Waals surface area contributed by atoms with Crippen molar-refractivity contribution in [2.75, 3.05) is 13.2 Å². The van der Waals surface area contributed by atoms with E-state index in [1.54, 1.807) is 18.2 Å². The molecule has 24 heavy (non-hydrogen) atoms. The first-order valence-electron chi connectivity index (χ1n) is 7.98. The van der Waals surface area contributed by atoms with E-state index in [4.69, 9.17) is 9.47 Å². The number of ether oxygens (including phenoxy) is 2. The highest BCUT2D eigenvalue weighted by molar-refractivity contribution is 9.10. The maximum Gasteiger partial charge on any atom is 0.251 e. The molecule has 1 aromatic carbocycles. The number of carbonyl (C=O) groups is 1. The summed E-state index contributed by atoms with van der Waals surface area (Å²) in [4.78, 5) is 12.4. The Hall–Kier alpha value is -2.02. The summed E-state index contributed by atoms with van der Waals surface area (Å²) < 4.78 is 13.8. The number of halogens is 1. The van der Waals surface area contributed by atoms with Gasteiger partial charge in [0, 0.05) is 18.3 Å². The van der Waals surface area contributed by atoms with Crippen LogP contribution >= 0.6 is 15.9 Å². The molecule has 7 heteroatoms. The van der Waals surface area contributed by atoms with Crippen molar-refractivity contribution in [3.8, 4) is 11.5 Å². The monoisotopic (exact) mass is 395 g/mol. The molecule has 1 N–H and O–H groups in total. The molecule has 2 aromatic rings. The van der Waals surface area contributed by atoms with Crippen molar-refractivity contribution in [3.63, 3.8) is 0 Å². The Morgan fingerprint density at radius 2 is 1.92 bits per heavy atom. The van der Waals surface area contributed by atoms with E-state index in [0.29, 0.717) is 36.8 Å². The summed E-state index contributed by atoms with van der Waals surface area (Å²) in [5.41, 5.74) is 1.31. The smallest absolute Gasteiger partial charge is 0.251 e. The fraction of sp³-hybridized carbons (Fsp3) is 0.412. The van der Waals surface area contributed by atoms with Crippen LogP contribution in [0.5, 0.6) is 11.5 Å². The second-order valence-electron chi connectivity index (χ2n) is 4.99. The average Bonchev–Trinajstić information content (AvgIpc) is 2.95. The predicted octanol–water partition coefficient (Wildman–Crippen LogP) is 3.39. The zero-order valence-electron chi connectivity index (χ0n) is 14.1. The molecule has 1 heterocycles. The van der Waals surface area contributed by atoms with E-state index in [0.717, 1.165) is 16.7 Å². The highest BCUT2D eigenvalue weighted by atomic mass is 79.9. The fourth-order valence-corrected chi connectivity index (χ4v) is 2.63. The molecule has 0 fully saturated rings. The molecule has 2 rings (SSSR count). The van der Waals surface area contributed by atoms with Crippen molar-refractivity contribution in [2.24, 2.45) is 0 Å². The predicted molar refractivity (Wildman–Crippen MR) is 95.6 cm³/mol. The van der Waals surface area contributed by atoms with Crippen molar-refractivity contribution in [1.82, 2.24) is 15.1 Å². The number of benzene rings is 1. The highest BCUT2D eigenvalue weighted by Gasteiger charge is 2.13. The number of nitrogens with zero attached hydrogens (tertiary/aromatic N) is 2. The first-order valence-corrected chi connectivity index (χ1v) is 8.77. The molecule has 0 saturated heterocycles. The summed E-state index contributed by atoms with van der Waals surface area (Å²) >= 11 is 3.45. The molecule has 0 bridgehead atoms. The van der Waals surface area contributed by atoms with Crippen LogP contribution < -0.4 is 14.8 Å². The molecular weight excluding hydrogens is 374 g/mol. The van der Waals surface area contributed by atoms with Gasteiger partial charge in [-0.05, 0) is 54.9 Å². The minimum Gasteiger partial charge on any atom is -0.490 e. The van der Waals surface area contributed by atoms with Gasteiger partial charge in [0.2, 0.25) is 0 Å². The van der Waals surface area contributed by atoms with Gasteiger partial charge >= 0.3 is 0 Å². The number of hydrogen-bond donors (Lipinski definition) is 1. The van der Waals surface area contributed by atoms with Crippen LogP contribution in [-0.4, -0.2) is 28.9 Å². The Morgan fingerprint density at radius 1 is 1.21 bits per heavy atom. The number of amides is 1. The summed E-state index contributed by atoms with van der Waals surface area (Å²) in [6.45, 7) is 7.99. The molecule has 0 aliphatic carbocycles. The Balaban J connectivity index is 2.08. The lowest BCUT2D eigenvalue weighted by molar-refractivity contribution is 0.0949. The van der Waals surface area contributed by atoms with E-state index < -0.39 is 0 Å². The van der Waals surface area contributed by atoms with E-state index >= 15 is 0 Å². The SMILES string of the molecule is CCOc1ccc(C(=O)NCc2nn(CC)cc2Br)cc1OCC. The molecule has 0 aliphatic rings. The minimum absolute atomic E-state index is 0.183. The Bertz CT molecular complexity index is 700. The molecule has 1 aromatic heterocycles. The summed E-state index contributed by atoms with van der Waals surface area (Å²) in [6, 6.07) is 5.18. The standard InChI is InChI=1S/C17H22BrN3O3/c1-4-21-11-13(18)14(20-21)10-19-17(22)12-7-8-15(23-5-2)16(9-12)24-6-3/h7-9,11H,4-6,10H2,1-3H3,(H,19,22). The van der Waals surface area contributed by atoms with Crippen molar-refractivity contribution >= 4 is 21.8 Å². The van der Waals surface area contributed by atoms with Gasteiger partial charge in [0.05, 0.1) is 29.9 Å². The van der Waals surface area contributed by atoms with E-state index in [-0.39, 0.29) is 5.91 Å². The molecule has 0 radical (unpaired) electrons. The van der Waals surface area contributed by atoms with Crippen molar-refractivity contribution in [3.05, 3.63) is 40.1 Å². The van der Waals surface area contributed by atoms with Gasteiger partial charge in [-0.2, -0.15) is 5.10 Å². The lowest BCUT2D eigenvalue weighted by atomic mass is 10.2. The van der Waals surface area contributed by atoms with Crippen LogP contribution in [0, 0.1) is 0 Å². The second kappa shape index (κ2) is 8.73. The molecule has 0 atom stereocenters. The first-order chi connectivity index (χ1) is 11.6. The van der Waals surface area contributed by atoms with Gasteiger partial charge in [-0.3, -0.25) is 9.48 Å². The molecule has 0 spiro atoms. The number of hydrogen-bond acceptors (Lipinski definition) is 4. The van der Waals surface area contributed by atoms with Gasteiger partial charge in [-0.1, -0.05) is 0 Å². The average molecular weight is 396 g/mol. The number of nitrogens with one attached hydrogen (secondary N) is 1. The molecule has 0 saturated carbocycles. The number of carbonyl (C=O) groups excluding carboxylic acids is 1. The third kappa shape index (κ3) is 4.50. The van der Waals surface area contributed by atoms with Gasteiger partial charge in [0.25, 0.3) is 5.91 Å². The molecule has 1 amide bonds. The first kappa shape index (κ1) is 18.3. The topological polar surface area (TPSA) is 65.4 Å². The summed E-state index contributed by atoms with van der Waals surface area (Å²) in [5.74, 6) is 1.03. The van der Waals surface area contributed by atoms with Crippen LogP contribution in [0.2, 0.25) is 0 Å². The second-order valence-corrected chi connectivity index (χ2v) is 5.84. The Labute approximate surface area is 150 Å². The fourth-order valence-electron chi connectivity index (χ4n) is 2.18. The van der Waals surface area contributed by atoms with Crippen LogP contribution in [0.4, 0.5) is 0 Å². The van der Waals surface area contributed by atoms with Crippen molar-refractivity contribution in [2.45, 2.75) is 33.9 Å². The van der Waals surface area contributed by atoms with Crippen molar-refractivity contribution < 1.29 is 14.3 Å². The third-order valence-corrected chi connectivity index (χ3v) is 4.00. The van der Waals surface area contributed by atoms with Gasteiger partial charge in [-0.25, -0.2) is 0 Å². The number of aryl methyl sites for hydroxylation is 1. The molecular formula is C17H22BrN3O3. The van der Waals surface area contributed by atoms with E-state index in [1.807, 2.05) is 31.6 Å². The lowest BCUT2D eigenvalue weighted by Gasteiger charge is -2.12. The van der Waals surface area contributed by atoms with Gasteiger partial charge in [-0.15, -0.1) is 0 Å². The van der Waals surface area contributed by atoms with Crippen molar-refractivity contribution in [1.29, 1.82) is 0 Å². The van der Waals surface area contributed by atoms with E-state index in [2.05, 4.69) is 26.3 Å². The Kier molecular flexibility index (Phi) is 6.66. The molecule has 0 aliphatic heterocycles. The van der Waals surface area contributed by atoms with Gasteiger partial charge < -0.3 is 14.8 Å². The lowest BCUT2D eigenvalue weighted by Crippen LogP contribution is -2.23. The number of aromatic nitrogens is 2. The summed E-state index contributed by atoms with van der Waals surface area (Å²) in [7, 11) is 0. The maximum absolute atomic E-state index is 12.4. The Morgan fingerprint density at radius 3 is 2.54 bits per heavy atom. The maximum atomic E-state index is 12.4. The summed E-state index contributed by atoms with van der Waals surface area (Å²) in [5, 5.41) is 7.26.